The van der Waals surface area contributed by atoms with Crippen molar-refractivity contribution in [3.63, 3.8) is 0 Å². The zero-order chi connectivity index (χ0) is 20.7. The normalized spacial score (nSPS) is 16.5. The summed E-state index contributed by atoms with van der Waals surface area (Å²) >= 11 is 3.22. The summed E-state index contributed by atoms with van der Waals surface area (Å²) in [6, 6.07) is 10.2. The molecule has 0 saturated heterocycles. The maximum absolute atomic E-state index is 12.4. The summed E-state index contributed by atoms with van der Waals surface area (Å²) in [5.41, 5.74) is 3.25. The van der Waals surface area contributed by atoms with Gasteiger partial charge in [0, 0.05) is 35.6 Å². The van der Waals surface area contributed by atoms with E-state index in [0.717, 1.165) is 35.1 Å². The van der Waals surface area contributed by atoms with Gasteiger partial charge in [-0.15, -0.1) is 22.7 Å². The van der Waals surface area contributed by atoms with Crippen LogP contribution in [0.15, 0.2) is 52.1 Å². The van der Waals surface area contributed by atoms with Gasteiger partial charge >= 0.3 is 0 Å². The van der Waals surface area contributed by atoms with Crippen LogP contribution in [-0.2, 0) is 13.0 Å². The van der Waals surface area contributed by atoms with Crippen LogP contribution in [0.25, 0.3) is 4.96 Å². The smallest absolute Gasteiger partial charge is 0.258 e. The summed E-state index contributed by atoms with van der Waals surface area (Å²) in [5.74, 6) is 1.49. The molecule has 5 rings (SSSR count). The number of thiazole rings is 1. The van der Waals surface area contributed by atoms with E-state index in [9.17, 15) is 4.79 Å². The van der Waals surface area contributed by atoms with Gasteiger partial charge in [-0.2, -0.15) is 0 Å². The van der Waals surface area contributed by atoms with Gasteiger partial charge in [0.2, 0.25) is 0 Å². The van der Waals surface area contributed by atoms with E-state index in [1.54, 1.807) is 42.2 Å². The molecule has 0 aliphatic carbocycles. The van der Waals surface area contributed by atoms with Crippen LogP contribution in [0.4, 0.5) is 0 Å². The Balaban J connectivity index is 1.57. The van der Waals surface area contributed by atoms with Crippen LogP contribution < -0.4 is 15.0 Å². The lowest BCUT2D eigenvalue weighted by atomic mass is 9.90. The molecule has 1 aliphatic heterocycles. The first-order valence-electron chi connectivity index (χ1n) is 9.66. The Hall–Kier alpha value is -2.68. The van der Waals surface area contributed by atoms with Crippen LogP contribution in [0.1, 0.15) is 27.7 Å². The summed E-state index contributed by atoms with van der Waals surface area (Å²) < 4.78 is 12.7. The summed E-state index contributed by atoms with van der Waals surface area (Å²) in [5, 5.41) is 3.99. The van der Waals surface area contributed by atoms with Crippen molar-refractivity contribution < 1.29 is 9.47 Å². The van der Waals surface area contributed by atoms with E-state index in [1.807, 2.05) is 5.38 Å². The van der Waals surface area contributed by atoms with Gasteiger partial charge in [0.1, 0.15) is 0 Å². The fourth-order valence-corrected chi connectivity index (χ4v) is 5.74. The van der Waals surface area contributed by atoms with Crippen molar-refractivity contribution in [1.29, 1.82) is 0 Å². The predicted molar refractivity (Wildman–Crippen MR) is 119 cm³/mol. The summed E-state index contributed by atoms with van der Waals surface area (Å²) in [6.07, 6.45) is 2.67. The first kappa shape index (κ1) is 19.3. The largest absolute Gasteiger partial charge is 0.493 e. The Kier molecular flexibility index (Phi) is 5.06. The van der Waals surface area contributed by atoms with E-state index >= 15 is 0 Å². The molecule has 1 aromatic carbocycles. The molecule has 30 heavy (non-hydrogen) atoms. The molecule has 0 amide bonds. The summed E-state index contributed by atoms with van der Waals surface area (Å²) in [7, 11) is 3.33. The second kappa shape index (κ2) is 7.86. The van der Waals surface area contributed by atoms with Gasteiger partial charge in [-0.3, -0.25) is 14.1 Å². The van der Waals surface area contributed by atoms with Gasteiger partial charge in [0.15, 0.2) is 16.5 Å². The maximum Gasteiger partial charge on any atom is 0.258 e. The fraction of sp³-hybridized carbons (Fsp3) is 0.273. The molecule has 0 saturated carbocycles. The van der Waals surface area contributed by atoms with Gasteiger partial charge < -0.3 is 9.47 Å². The zero-order valence-corrected chi connectivity index (χ0v) is 18.3. The minimum atomic E-state index is -0.0345. The Morgan fingerprint density at radius 3 is 2.73 bits per heavy atom. The number of fused-ring (bicyclic) bond motifs is 2. The second-order valence-corrected chi connectivity index (χ2v) is 9.04. The van der Waals surface area contributed by atoms with Crippen molar-refractivity contribution in [2.24, 2.45) is 0 Å². The minimum Gasteiger partial charge on any atom is -0.493 e. The first-order chi connectivity index (χ1) is 14.7. The summed E-state index contributed by atoms with van der Waals surface area (Å²) in [6.45, 7) is 1.48. The lowest BCUT2D eigenvalue weighted by Crippen LogP contribution is -2.36. The predicted octanol–water partition coefficient (Wildman–Crippen LogP) is 3.98. The quantitative estimate of drug-likeness (QED) is 0.471. The van der Waals surface area contributed by atoms with Gasteiger partial charge in [-0.05, 0) is 41.1 Å². The van der Waals surface area contributed by atoms with Crippen molar-refractivity contribution >= 4 is 27.6 Å². The number of nitrogens with zero attached hydrogens (tertiary/aromatic N) is 3. The topological polar surface area (TPSA) is 56.1 Å². The van der Waals surface area contributed by atoms with Gasteiger partial charge in [0.05, 0.1) is 26.0 Å². The average Bonchev–Trinajstić information content (AvgIpc) is 3.45. The number of thiophene rings is 1. The zero-order valence-electron chi connectivity index (χ0n) is 16.7. The third-order valence-corrected chi connectivity index (χ3v) is 7.19. The lowest BCUT2D eigenvalue weighted by Gasteiger charge is -2.37. The van der Waals surface area contributed by atoms with E-state index in [1.165, 1.54) is 27.3 Å². The number of hydrogen-bond acceptors (Lipinski definition) is 7. The molecule has 6 nitrogen and oxygen atoms in total. The van der Waals surface area contributed by atoms with Crippen LogP contribution in [0, 0.1) is 0 Å². The molecule has 0 unspecified atom stereocenters. The molecule has 8 heteroatoms. The van der Waals surface area contributed by atoms with Crippen molar-refractivity contribution in [2.75, 3.05) is 20.8 Å². The SMILES string of the molecule is COc1cc2c(cc1OC)[C@@H](c1cccs1)N(Cc1cc(=O)n3ccsc3n1)CC2. The van der Waals surface area contributed by atoms with Gasteiger partial charge in [-0.1, -0.05) is 6.07 Å². The second-order valence-electron chi connectivity index (χ2n) is 7.19. The maximum atomic E-state index is 12.4. The highest BCUT2D eigenvalue weighted by atomic mass is 32.1. The third kappa shape index (κ3) is 3.30. The molecule has 0 spiro atoms. The van der Waals surface area contributed by atoms with Crippen molar-refractivity contribution in [2.45, 2.75) is 19.0 Å². The van der Waals surface area contributed by atoms with Crippen LogP contribution in [0.3, 0.4) is 0 Å². The van der Waals surface area contributed by atoms with Crippen molar-refractivity contribution in [3.05, 3.63) is 79.3 Å². The third-order valence-electron chi connectivity index (χ3n) is 5.51. The highest BCUT2D eigenvalue weighted by molar-refractivity contribution is 7.15. The fourth-order valence-electron chi connectivity index (χ4n) is 4.13. The molecule has 4 heterocycles. The van der Waals surface area contributed by atoms with E-state index < -0.39 is 0 Å². The number of benzene rings is 1. The Bertz CT molecular complexity index is 1250. The Morgan fingerprint density at radius 2 is 1.97 bits per heavy atom. The number of hydrogen-bond donors (Lipinski definition) is 0. The number of ether oxygens (including phenoxy) is 2. The van der Waals surface area contributed by atoms with Crippen molar-refractivity contribution in [3.8, 4) is 11.5 Å². The summed E-state index contributed by atoms with van der Waals surface area (Å²) in [4.78, 5) is 21.6. The monoisotopic (exact) mass is 439 g/mol. The molecule has 0 bridgehead atoms. The minimum absolute atomic E-state index is 0.0345. The van der Waals surface area contributed by atoms with Crippen LogP contribution in [-0.4, -0.2) is 35.0 Å². The van der Waals surface area contributed by atoms with E-state index in [2.05, 4.69) is 34.5 Å². The Morgan fingerprint density at radius 1 is 1.13 bits per heavy atom. The molecule has 1 aliphatic rings. The molecule has 154 valence electrons. The molecule has 4 aromatic rings. The molecule has 1 atom stereocenters. The van der Waals surface area contributed by atoms with Crippen LogP contribution in [0.5, 0.6) is 11.5 Å². The molecular formula is C22H21N3O3S2. The standard InChI is InChI=1S/C22H21N3O3S2/c1-27-17-10-14-5-6-24(13-15-11-20(26)25-7-9-30-22(25)23-15)21(19-4-3-8-29-19)16(14)12-18(17)28-2/h3-4,7-12,21H,5-6,13H2,1-2H3/t21-/m0/s1. The van der Waals surface area contributed by atoms with Gasteiger partial charge in [-0.25, -0.2) is 4.98 Å². The molecule has 0 radical (unpaired) electrons. The number of aromatic nitrogens is 2. The highest BCUT2D eigenvalue weighted by Crippen LogP contribution is 2.42. The first-order valence-corrected chi connectivity index (χ1v) is 11.4. The van der Waals surface area contributed by atoms with Gasteiger partial charge in [0.25, 0.3) is 5.56 Å². The number of methoxy groups -OCH3 is 2. The molecule has 0 N–H and O–H groups in total. The number of rotatable bonds is 5. The van der Waals surface area contributed by atoms with Crippen LogP contribution >= 0.6 is 22.7 Å². The average molecular weight is 440 g/mol. The molecule has 0 fully saturated rings. The van der Waals surface area contributed by atoms with Crippen LogP contribution in [0.2, 0.25) is 0 Å². The van der Waals surface area contributed by atoms with E-state index in [0.29, 0.717) is 6.54 Å². The Labute approximate surface area is 182 Å². The van der Waals surface area contributed by atoms with E-state index in [4.69, 9.17) is 14.5 Å². The van der Waals surface area contributed by atoms with E-state index in [-0.39, 0.29) is 11.6 Å². The molecular weight excluding hydrogens is 418 g/mol. The lowest BCUT2D eigenvalue weighted by molar-refractivity contribution is 0.203. The molecule has 3 aromatic heterocycles. The van der Waals surface area contributed by atoms with Crippen molar-refractivity contribution in [1.82, 2.24) is 14.3 Å². The highest BCUT2D eigenvalue weighted by Gasteiger charge is 2.31.